The topological polar surface area (TPSA) is 36.9 Å². The second kappa shape index (κ2) is 7.20. The van der Waals surface area contributed by atoms with Gasteiger partial charge >= 0.3 is 0 Å². The Labute approximate surface area is 138 Å². The molecule has 1 aromatic carbocycles. The summed E-state index contributed by atoms with van der Waals surface area (Å²) in [6, 6.07) is 10.5. The maximum Gasteiger partial charge on any atom is 0.217 e. The number of aromatic nitrogens is 3. The summed E-state index contributed by atoms with van der Waals surface area (Å²) in [5.41, 5.74) is 1.30. The maximum atomic E-state index is 5.40. The van der Waals surface area contributed by atoms with Crippen molar-refractivity contribution in [3.63, 3.8) is 0 Å². The van der Waals surface area contributed by atoms with E-state index in [1.807, 2.05) is 10.7 Å². The largest absolute Gasteiger partial charge is 0.281 e. The normalized spacial score (nSPS) is 12.0. The van der Waals surface area contributed by atoms with Crippen molar-refractivity contribution in [3.8, 4) is 0 Å². The van der Waals surface area contributed by atoms with Crippen molar-refractivity contribution in [2.24, 2.45) is 0 Å². The highest BCUT2D eigenvalue weighted by atomic mass is 32.1. The number of nitrogens with one attached hydrogen (secondary N) is 1. The van der Waals surface area contributed by atoms with Crippen LogP contribution in [-0.2, 0) is 18.6 Å². The molecule has 1 N–H and O–H groups in total. The lowest BCUT2D eigenvalue weighted by atomic mass is 9.96. The Morgan fingerprint density at radius 1 is 1.23 bits per heavy atom. The lowest BCUT2D eigenvalue weighted by Gasteiger charge is -2.22. The lowest BCUT2D eigenvalue weighted by molar-refractivity contribution is 0.196. The van der Waals surface area contributed by atoms with Crippen LogP contribution in [0.3, 0.4) is 0 Å². The minimum absolute atomic E-state index is 0.0200. The van der Waals surface area contributed by atoms with Gasteiger partial charge in [-0.25, -0.2) is 9.67 Å². The average Bonchev–Trinajstić information content (AvgIpc) is 2.82. The minimum Gasteiger partial charge on any atom is -0.281 e. The third-order valence-electron chi connectivity index (χ3n) is 3.52. The molecule has 0 radical (unpaired) electrons. The van der Waals surface area contributed by atoms with Gasteiger partial charge in [0, 0.05) is 12.0 Å². The Balaban J connectivity index is 2.14. The SMILES string of the molecule is CCCN(Cc1ccccc1)Cn1[nH]c(C(C)(C)C)nc1=S. The van der Waals surface area contributed by atoms with Crippen LogP contribution < -0.4 is 0 Å². The van der Waals surface area contributed by atoms with E-state index in [9.17, 15) is 0 Å². The predicted molar refractivity (Wildman–Crippen MR) is 93.3 cm³/mol. The molecule has 1 aromatic heterocycles. The summed E-state index contributed by atoms with van der Waals surface area (Å²) in [6.07, 6.45) is 1.11. The van der Waals surface area contributed by atoms with E-state index < -0.39 is 0 Å². The molecule has 0 amide bonds. The second-order valence-corrected chi connectivity index (χ2v) is 7.08. The van der Waals surface area contributed by atoms with Gasteiger partial charge in [0.1, 0.15) is 5.82 Å². The summed E-state index contributed by atoms with van der Waals surface area (Å²) in [7, 11) is 0. The molecule has 5 heteroatoms. The van der Waals surface area contributed by atoms with Crippen molar-refractivity contribution >= 4 is 12.2 Å². The maximum absolute atomic E-state index is 5.40. The van der Waals surface area contributed by atoms with E-state index in [2.05, 4.69) is 66.9 Å². The van der Waals surface area contributed by atoms with Gasteiger partial charge in [0.25, 0.3) is 0 Å². The molecule has 0 saturated carbocycles. The van der Waals surface area contributed by atoms with Gasteiger partial charge in [0.15, 0.2) is 0 Å². The van der Waals surface area contributed by atoms with Crippen LogP contribution in [0.5, 0.6) is 0 Å². The zero-order valence-electron chi connectivity index (χ0n) is 14.0. The van der Waals surface area contributed by atoms with Crippen molar-refractivity contribution in [1.82, 2.24) is 19.7 Å². The van der Waals surface area contributed by atoms with Gasteiger partial charge in [-0.2, -0.15) is 0 Å². The molecule has 0 bridgehead atoms. The number of hydrogen-bond donors (Lipinski definition) is 1. The van der Waals surface area contributed by atoms with Crippen LogP contribution in [0.4, 0.5) is 0 Å². The third kappa shape index (κ3) is 4.52. The number of rotatable bonds is 6. The van der Waals surface area contributed by atoms with Gasteiger partial charge in [-0.3, -0.25) is 10.00 Å². The molecule has 0 aliphatic heterocycles. The molecule has 120 valence electrons. The standard InChI is InChI=1S/C17H26N4S/c1-5-11-20(12-14-9-7-6-8-10-14)13-21-16(22)18-15(19-21)17(2,3)4/h6-10H,5,11-13H2,1-4H3,(H,18,19,22). The summed E-state index contributed by atoms with van der Waals surface area (Å²) in [5, 5.41) is 3.36. The highest BCUT2D eigenvalue weighted by Gasteiger charge is 2.19. The van der Waals surface area contributed by atoms with Crippen LogP contribution >= 0.6 is 12.2 Å². The number of aromatic amines is 1. The molecule has 0 aliphatic carbocycles. The number of H-pyrrole nitrogens is 1. The number of nitrogens with zero attached hydrogens (tertiary/aromatic N) is 3. The van der Waals surface area contributed by atoms with E-state index in [4.69, 9.17) is 12.2 Å². The average molecular weight is 318 g/mol. The lowest BCUT2D eigenvalue weighted by Crippen LogP contribution is -2.28. The highest BCUT2D eigenvalue weighted by molar-refractivity contribution is 7.71. The first-order valence-electron chi connectivity index (χ1n) is 7.83. The number of hydrogen-bond acceptors (Lipinski definition) is 3. The van der Waals surface area contributed by atoms with Crippen molar-refractivity contribution in [1.29, 1.82) is 0 Å². The first-order valence-corrected chi connectivity index (χ1v) is 8.24. The molecule has 0 saturated heterocycles. The molecule has 22 heavy (non-hydrogen) atoms. The predicted octanol–water partition coefficient (Wildman–Crippen LogP) is 4.11. The molecule has 0 fully saturated rings. The molecular formula is C17H26N4S. The fourth-order valence-electron chi connectivity index (χ4n) is 2.35. The molecule has 0 spiro atoms. The van der Waals surface area contributed by atoms with Gasteiger partial charge in [-0.1, -0.05) is 58.0 Å². The molecule has 0 unspecified atom stereocenters. The van der Waals surface area contributed by atoms with Crippen LogP contribution in [0.25, 0.3) is 0 Å². The Morgan fingerprint density at radius 3 is 2.45 bits per heavy atom. The fraction of sp³-hybridized carbons (Fsp3) is 0.529. The summed E-state index contributed by atoms with van der Waals surface area (Å²) in [5.74, 6) is 0.939. The molecule has 0 aliphatic rings. The van der Waals surface area contributed by atoms with Crippen LogP contribution in [0, 0.1) is 4.77 Å². The van der Waals surface area contributed by atoms with E-state index in [1.165, 1.54) is 5.56 Å². The fourth-order valence-corrected chi connectivity index (χ4v) is 2.54. The Morgan fingerprint density at radius 2 is 1.91 bits per heavy atom. The zero-order valence-corrected chi connectivity index (χ0v) is 14.8. The molecular weight excluding hydrogens is 292 g/mol. The van der Waals surface area contributed by atoms with E-state index in [0.29, 0.717) is 4.77 Å². The molecule has 2 rings (SSSR count). The van der Waals surface area contributed by atoms with Gasteiger partial charge in [-0.05, 0) is 30.7 Å². The molecule has 1 heterocycles. The first kappa shape index (κ1) is 16.9. The van der Waals surface area contributed by atoms with E-state index in [-0.39, 0.29) is 5.41 Å². The van der Waals surface area contributed by atoms with Gasteiger partial charge < -0.3 is 0 Å². The van der Waals surface area contributed by atoms with Gasteiger partial charge in [0.2, 0.25) is 4.77 Å². The van der Waals surface area contributed by atoms with Crippen molar-refractivity contribution < 1.29 is 0 Å². The third-order valence-corrected chi connectivity index (χ3v) is 3.83. The monoisotopic (exact) mass is 318 g/mol. The molecule has 4 nitrogen and oxygen atoms in total. The molecule has 0 atom stereocenters. The first-order chi connectivity index (χ1) is 10.4. The van der Waals surface area contributed by atoms with E-state index >= 15 is 0 Å². The number of benzene rings is 1. The zero-order chi connectivity index (χ0) is 16.2. The quantitative estimate of drug-likeness (QED) is 0.814. The van der Waals surface area contributed by atoms with Gasteiger partial charge in [0.05, 0.1) is 6.67 Å². The Kier molecular flexibility index (Phi) is 5.53. The summed E-state index contributed by atoms with van der Waals surface area (Å²) in [6.45, 7) is 11.3. The second-order valence-electron chi connectivity index (χ2n) is 6.71. The Hall–Kier alpha value is -1.46. The summed E-state index contributed by atoms with van der Waals surface area (Å²) in [4.78, 5) is 6.88. The summed E-state index contributed by atoms with van der Waals surface area (Å²) < 4.78 is 2.59. The molecule has 2 aromatic rings. The van der Waals surface area contributed by atoms with Gasteiger partial charge in [-0.15, -0.1) is 0 Å². The Bertz CT molecular complexity index is 637. The minimum atomic E-state index is -0.0200. The van der Waals surface area contributed by atoms with Crippen molar-refractivity contribution in [3.05, 3.63) is 46.5 Å². The smallest absolute Gasteiger partial charge is 0.217 e. The van der Waals surface area contributed by atoms with E-state index in [1.54, 1.807) is 0 Å². The van der Waals surface area contributed by atoms with Crippen LogP contribution in [-0.4, -0.2) is 26.2 Å². The van der Waals surface area contributed by atoms with E-state index in [0.717, 1.165) is 32.0 Å². The highest BCUT2D eigenvalue weighted by Crippen LogP contribution is 2.18. The van der Waals surface area contributed by atoms with Crippen LogP contribution in [0.1, 0.15) is 45.5 Å². The van der Waals surface area contributed by atoms with Crippen molar-refractivity contribution in [2.75, 3.05) is 6.54 Å². The van der Waals surface area contributed by atoms with Crippen LogP contribution in [0.2, 0.25) is 0 Å². The van der Waals surface area contributed by atoms with Crippen LogP contribution in [0.15, 0.2) is 30.3 Å². The van der Waals surface area contributed by atoms with Crippen molar-refractivity contribution in [2.45, 2.75) is 52.7 Å². The summed E-state index contributed by atoms with van der Waals surface area (Å²) >= 11 is 5.40.